The smallest absolute Gasteiger partial charge is 0.257 e. The minimum atomic E-state index is -3.76. The predicted molar refractivity (Wildman–Crippen MR) is 113 cm³/mol. The maximum absolute atomic E-state index is 12.7. The molecular weight excluding hydrogens is 414 g/mol. The number of amides is 2. The highest BCUT2D eigenvalue weighted by molar-refractivity contribution is 7.89. The Morgan fingerprint density at radius 1 is 1.14 bits per heavy atom. The van der Waals surface area contributed by atoms with Crippen molar-refractivity contribution in [1.29, 1.82) is 0 Å². The quantitative estimate of drug-likeness (QED) is 0.694. The van der Waals surface area contributed by atoms with Crippen molar-refractivity contribution in [3.63, 3.8) is 0 Å². The normalized spacial score (nSPS) is 11.4. The summed E-state index contributed by atoms with van der Waals surface area (Å²) < 4.78 is 27.2. The molecule has 2 N–H and O–H groups in total. The Bertz CT molecular complexity index is 1020. The van der Waals surface area contributed by atoms with Gasteiger partial charge >= 0.3 is 0 Å². The van der Waals surface area contributed by atoms with Crippen molar-refractivity contribution in [2.24, 2.45) is 0 Å². The predicted octanol–water partition coefficient (Wildman–Crippen LogP) is 3.26. The summed E-state index contributed by atoms with van der Waals surface area (Å²) in [5.74, 6) is -0.604. The summed E-state index contributed by atoms with van der Waals surface area (Å²) in [6.07, 6.45) is 0. The molecule has 0 radical (unpaired) electrons. The SMILES string of the molecule is CC(=O)N(C)Cc1cccc(NC(=O)c2cc(S(=O)(=O)NC(C)C)ccc2Cl)c1. The number of halogens is 1. The molecule has 0 aromatic heterocycles. The van der Waals surface area contributed by atoms with Gasteiger partial charge < -0.3 is 10.2 Å². The van der Waals surface area contributed by atoms with Gasteiger partial charge in [0.15, 0.2) is 0 Å². The van der Waals surface area contributed by atoms with E-state index in [1.807, 2.05) is 6.07 Å². The Labute approximate surface area is 176 Å². The second-order valence-corrected chi connectivity index (χ2v) is 9.07. The average Bonchev–Trinajstić information content (AvgIpc) is 2.60. The average molecular weight is 438 g/mol. The van der Waals surface area contributed by atoms with E-state index in [4.69, 9.17) is 11.6 Å². The van der Waals surface area contributed by atoms with Crippen molar-refractivity contribution >= 4 is 39.1 Å². The van der Waals surface area contributed by atoms with E-state index in [1.165, 1.54) is 25.1 Å². The number of carbonyl (C=O) groups is 2. The fraction of sp³-hybridized carbons (Fsp3) is 0.300. The largest absolute Gasteiger partial charge is 0.342 e. The first kappa shape index (κ1) is 22.9. The van der Waals surface area contributed by atoms with E-state index in [2.05, 4.69) is 10.0 Å². The van der Waals surface area contributed by atoms with Crippen LogP contribution >= 0.6 is 11.6 Å². The standard InChI is InChI=1S/C20H24ClN3O4S/c1-13(2)23-29(27,28)17-8-9-19(21)18(11-17)20(26)22-16-7-5-6-15(10-16)12-24(4)14(3)25/h5-11,13,23H,12H2,1-4H3,(H,22,26). The first-order chi connectivity index (χ1) is 13.5. The van der Waals surface area contributed by atoms with Crippen LogP contribution in [0.3, 0.4) is 0 Å². The number of nitrogens with zero attached hydrogens (tertiary/aromatic N) is 1. The van der Waals surface area contributed by atoms with E-state index in [9.17, 15) is 18.0 Å². The molecule has 2 aromatic carbocycles. The second kappa shape index (κ2) is 9.39. The molecular formula is C20H24ClN3O4S. The number of benzene rings is 2. The zero-order valence-electron chi connectivity index (χ0n) is 16.7. The third-order valence-corrected chi connectivity index (χ3v) is 6.01. The molecule has 0 spiro atoms. The molecule has 2 rings (SSSR count). The van der Waals surface area contributed by atoms with Crippen LogP contribution in [0.2, 0.25) is 5.02 Å². The highest BCUT2D eigenvalue weighted by Gasteiger charge is 2.19. The number of rotatable bonds is 7. The van der Waals surface area contributed by atoms with Crippen LogP contribution in [0.4, 0.5) is 5.69 Å². The minimum absolute atomic E-state index is 0.0439. The lowest BCUT2D eigenvalue weighted by atomic mass is 10.1. The Balaban J connectivity index is 2.25. The highest BCUT2D eigenvalue weighted by Crippen LogP contribution is 2.22. The van der Waals surface area contributed by atoms with Gasteiger partial charge in [0.1, 0.15) is 0 Å². The summed E-state index contributed by atoms with van der Waals surface area (Å²) in [5.41, 5.74) is 1.39. The van der Waals surface area contributed by atoms with Gasteiger partial charge in [0.25, 0.3) is 5.91 Å². The van der Waals surface area contributed by atoms with Gasteiger partial charge in [0, 0.05) is 32.2 Å². The minimum Gasteiger partial charge on any atom is -0.342 e. The van der Waals surface area contributed by atoms with Crippen molar-refractivity contribution in [2.45, 2.75) is 38.3 Å². The van der Waals surface area contributed by atoms with Crippen LogP contribution in [-0.4, -0.2) is 38.2 Å². The maximum Gasteiger partial charge on any atom is 0.257 e. The van der Waals surface area contributed by atoms with Crippen molar-refractivity contribution < 1.29 is 18.0 Å². The molecule has 0 saturated carbocycles. The van der Waals surface area contributed by atoms with Gasteiger partial charge in [0.05, 0.1) is 15.5 Å². The van der Waals surface area contributed by atoms with Crippen molar-refractivity contribution in [1.82, 2.24) is 9.62 Å². The molecule has 2 amide bonds. The summed E-state index contributed by atoms with van der Waals surface area (Å²) in [6, 6.07) is 10.7. The van der Waals surface area contributed by atoms with Crippen LogP contribution in [-0.2, 0) is 21.4 Å². The van der Waals surface area contributed by atoms with Crippen LogP contribution < -0.4 is 10.0 Å². The first-order valence-electron chi connectivity index (χ1n) is 8.93. The van der Waals surface area contributed by atoms with Crippen molar-refractivity contribution in [3.8, 4) is 0 Å². The van der Waals surface area contributed by atoms with E-state index in [0.717, 1.165) is 5.56 Å². The number of hydrogen-bond donors (Lipinski definition) is 2. The van der Waals surface area contributed by atoms with Crippen LogP contribution in [0.5, 0.6) is 0 Å². The lowest BCUT2D eigenvalue weighted by molar-refractivity contribution is -0.128. The highest BCUT2D eigenvalue weighted by atomic mass is 35.5. The molecule has 0 aliphatic carbocycles. The van der Waals surface area contributed by atoms with E-state index < -0.39 is 15.9 Å². The second-order valence-electron chi connectivity index (χ2n) is 6.95. The van der Waals surface area contributed by atoms with Crippen LogP contribution in [0.25, 0.3) is 0 Å². The molecule has 0 heterocycles. The molecule has 0 fully saturated rings. The zero-order chi connectivity index (χ0) is 21.8. The number of sulfonamides is 1. The molecule has 29 heavy (non-hydrogen) atoms. The molecule has 0 unspecified atom stereocenters. The maximum atomic E-state index is 12.7. The number of anilines is 1. The van der Waals surface area contributed by atoms with Crippen LogP contribution in [0.15, 0.2) is 47.4 Å². The van der Waals surface area contributed by atoms with Gasteiger partial charge in [-0.05, 0) is 49.7 Å². The van der Waals surface area contributed by atoms with E-state index >= 15 is 0 Å². The number of hydrogen-bond acceptors (Lipinski definition) is 4. The first-order valence-corrected chi connectivity index (χ1v) is 10.8. The Morgan fingerprint density at radius 2 is 1.83 bits per heavy atom. The fourth-order valence-corrected chi connectivity index (χ4v) is 4.04. The number of nitrogens with one attached hydrogen (secondary N) is 2. The summed E-state index contributed by atoms with van der Waals surface area (Å²) in [4.78, 5) is 25.6. The molecule has 2 aromatic rings. The van der Waals surface area contributed by atoms with Gasteiger partial charge in [-0.2, -0.15) is 0 Å². The Morgan fingerprint density at radius 3 is 2.45 bits per heavy atom. The third kappa shape index (κ3) is 6.28. The number of carbonyl (C=O) groups excluding carboxylic acids is 2. The molecule has 0 saturated heterocycles. The molecule has 0 aliphatic heterocycles. The summed E-state index contributed by atoms with van der Waals surface area (Å²) in [7, 11) is -2.07. The van der Waals surface area contributed by atoms with E-state index in [1.54, 1.807) is 44.0 Å². The molecule has 9 heteroatoms. The topological polar surface area (TPSA) is 95.6 Å². The summed E-state index contributed by atoms with van der Waals surface area (Å²) in [6.45, 7) is 5.28. The van der Waals surface area contributed by atoms with Crippen molar-refractivity contribution in [3.05, 3.63) is 58.6 Å². The lowest BCUT2D eigenvalue weighted by Crippen LogP contribution is -2.30. The summed E-state index contributed by atoms with van der Waals surface area (Å²) >= 11 is 6.13. The summed E-state index contributed by atoms with van der Waals surface area (Å²) in [5, 5.41) is 2.86. The zero-order valence-corrected chi connectivity index (χ0v) is 18.3. The lowest BCUT2D eigenvalue weighted by Gasteiger charge is -2.16. The van der Waals surface area contributed by atoms with Gasteiger partial charge in [-0.1, -0.05) is 23.7 Å². The van der Waals surface area contributed by atoms with Crippen molar-refractivity contribution in [2.75, 3.05) is 12.4 Å². The monoisotopic (exact) mass is 437 g/mol. The molecule has 0 atom stereocenters. The third-order valence-electron chi connectivity index (χ3n) is 4.03. The van der Waals surface area contributed by atoms with Gasteiger partial charge in [-0.25, -0.2) is 13.1 Å². The molecule has 0 aliphatic rings. The van der Waals surface area contributed by atoms with Gasteiger partial charge in [-0.15, -0.1) is 0 Å². The molecule has 0 bridgehead atoms. The van der Waals surface area contributed by atoms with Crippen LogP contribution in [0, 0.1) is 0 Å². The molecule has 156 valence electrons. The fourth-order valence-electron chi connectivity index (χ4n) is 2.55. The van der Waals surface area contributed by atoms with E-state index in [0.29, 0.717) is 12.2 Å². The van der Waals surface area contributed by atoms with Gasteiger partial charge in [0.2, 0.25) is 15.9 Å². The Hall–Kier alpha value is -2.42. The Kier molecular flexibility index (Phi) is 7.40. The van der Waals surface area contributed by atoms with Gasteiger partial charge in [-0.3, -0.25) is 9.59 Å². The van der Waals surface area contributed by atoms with Crippen LogP contribution in [0.1, 0.15) is 36.7 Å². The molecule has 7 nitrogen and oxygen atoms in total. The van der Waals surface area contributed by atoms with E-state index in [-0.39, 0.29) is 27.4 Å².